The van der Waals surface area contributed by atoms with E-state index < -0.39 is 5.25 Å². The van der Waals surface area contributed by atoms with E-state index in [0.717, 1.165) is 17.5 Å². The number of rotatable bonds is 12. The van der Waals surface area contributed by atoms with E-state index in [1.165, 1.54) is 11.8 Å². The van der Waals surface area contributed by atoms with Crippen LogP contribution in [-0.4, -0.2) is 55.3 Å². The number of hydrogen-bond donors (Lipinski definition) is 0. The van der Waals surface area contributed by atoms with Crippen LogP contribution in [0.25, 0.3) is 11.4 Å². The summed E-state index contributed by atoms with van der Waals surface area (Å²) < 4.78 is 23.4. The predicted octanol–water partition coefficient (Wildman–Crippen LogP) is 4.40. The van der Waals surface area contributed by atoms with Gasteiger partial charge in [-0.2, -0.15) is 0 Å². The summed E-state index contributed by atoms with van der Waals surface area (Å²) in [6.07, 6.45) is 0.762. The Morgan fingerprint density at radius 3 is 2.45 bits per heavy atom. The zero-order valence-electron chi connectivity index (χ0n) is 19.3. The molecule has 0 aliphatic rings. The number of nitrogens with zero attached hydrogens (tertiary/aromatic N) is 3. The molecule has 0 spiro atoms. The molecule has 3 rings (SSSR count). The number of hydrogen-bond acceptors (Lipinski definition) is 8. The van der Waals surface area contributed by atoms with E-state index >= 15 is 0 Å². The lowest BCUT2D eigenvalue weighted by molar-refractivity contribution is -0.142. The molecule has 9 heteroatoms. The molecule has 0 N–H and O–H groups in total. The Hall–Kier alpha value is -3.04. The first kappa shape index (κ1) is 24.6. The number of carbonyl (C=O) groups is 1. The molecule has 176 valence electrons. The molecule has 33 heavy (non-hydrogen) atoms. The summed E-state index contributed by atoms with van der Waals surface area (Å²) in [7, 11) is 4.86. The summed E-state index contributed by atoms with van der Waals surface area (Å²) in [6, 6.07) is 15.2. The van der Waals surface area contributed by atoms with Crippen LogP contribution in [0.4, 0.5) is 0 Å². The summed E-state index contributed by atoms with van der Waals surface area (Å²) in [5.74, 6) is 1.59. The van der Waals surface area contributed by atoms with Gasteiger partial charge < -0.3 is 23.5 Å². The second-order valence-electron chi connectivity index (χ2n) is 7.03. The minimum atomic E-state index is -0.560. The average molecular weight is 472 g/mol. The van der Waals surface area contributed by atoms with Gasteiger partial charge >= 0.3 is 5.97 Å². The summed E-state index contributed by atoms with van der Waals surface area (Å²) in [5.41, 5.74) is 1.68. The van der Waals surface area contributed by atoms with Crippen LogP contribution >= 0.6 is 11.8 Å². The van der Waals surface area contributed by atoms with Crippen LogP contribution in [0.3, 0.4) is 0 Å². The molecule has 0 saturated carbocycles. The minimum absolute atomic E-state index is 0.306. The quantitative estimate of drug-likeness (QED) is 0.218. The molecular weight excluding hydrogens is 442 g/mol. The average Bonchev–Trinajstić information content (AvgIpc) is 3.25. The first-order valence-electron chi connectivity index (χ1n) is 10.7. The maximum Gasteiger partial charge on any atom is 0.324 e. The van der Waals surface area contributed by atoms with E-state index in [1.807, 2.05) is 53.1 Å². The fourth-order valence-corrected chi connectivity index (χ4v) is 4.40. The number of aromatic nitrogens is 3. The van der Waals surface area contributed by atoms with Crippen LogP contribution < -0.4 is 9.47 Å². The van der Waals surface area contributed by atoms with Crippen LogP contribution in [-0.2, 0) is 20.8 Å². The minimum Gasteiger partial charge on any atom is -0.493 e. The van der Waals surface area contributed by atoms with Gasteiger partial charge in [-0.15, -0.1) is 10.2 Å². The van der Waals surface area contributed by atoms with Gasteiger partial charge in [0.05, 0.1) is 20.8 Å². The Balaban J connectivity index is 2.00. The number of methoxy groups -OCH3 is 3. The maximum absolute atomic E-state index is 12.8. The monoisotopic (exact) mass is 471 g/mol. The van der Waals surface area contributed by atoms with Crippen LogP contribution in [0.15, 0.2) is 53.7 Å². The van der Waals surface area contributed by atoms with Gasteiger partial charge in [-0.3, -0.25) is 4.79 Å². The molecule has 8 nitrogen and oxygen atoms in total. The highest BCUT2D eigenvalue weighted by Gasteiger charge is 2.27. The third kappa shape index (κ3) is 6.06. The van der Waals surface area contributed by atoms with Crippen molar-refractivity contribution in [3.8, 4) is 22.9 Å². The highest BCUT2D eigenvalue weighted by atomic mass is 32.2. The fraction of sp³-hybridized carbons (Fsp3) is 0.375. The maximum atomic E-state index is 12.8. The van der Waals surface area contributed by atoms with Gasteiger partial charge in [0.1, 0.15) is 5.25 Å². The Labute approximate surface area is 198 Å². The van der Waals surface area contributed by atoms with Crippen molar-refractivity contribution >= 4 is 17.7 Å². The van der Waals surface area contributed by atoms with E-state index in [0.29, 0.717) is 42.2 Å². The first-order valence-corrected chi connectivity index (χ1v) is 11.5. The number of carbonyl (C=O) groups excluding carboxylic acids is 1. The van der Waals surface area contributed by atoms with Crippen molar-refractivity contribution in [3.63, 3.8) is 0 Å². The van der Waals surface area contributed by atoms with Crippen LogP contribution in [0.2, 0.25) is 0 Å². The van der Waals surface area contributed by atoms with E-state index in [-0.39, 0.29) is 5.97 Å². The predicted molar refractivity (Wildman–Crippen MR) is 127 cm³/mol. The van der Waals surface area contributed by atoms with E-state index in [1.54, 1.807) is 28.3 Å². The molecule has 0 aliphatic heterocycles. The normalized spacial score (nSPS) is 11.8. The van der Waals surface area contributed by atoms with E-state index in [4.69, 9.17) is 18.9 Å². The van der Waals surface area contributed by atoms with Crippen molar-refractivity contribution < 1.29 is 23.7 Å². The van der Waals surface area contributed by atoms with Gasteiger partial charge in [-0.05, 0) is 37.1 Å². The number of benzene rings is 2. The number of ether oxygens (including phenoxy) is 4. The van der Waals surface area contributed by atoms with Crippen molar-refractivity contribution in [2.24, 2.45) is 0 Å². The smallest absolute Gasteiger partial charge is 0.324 e. The lowest BCUT2D eigenvalue weighted by atomic mass is 10.1. The van der Waals surface area contributed by atoms with Crippen molar-refractivity contribution in [2.45, 2.75) is 30.3 Å². The fourth-order valence-electron chi connectivity index (χ4n) is 3.34. The van der Waals surface area contributed by atoms with Gasteiger partial charge in [0.2, 0.25) is 0 Å². The summed E-state index contributed by atoms with van der Waals surface area (Å²) >= 11 is 1.33. The second kappa shape index (κ2) is 12.3. The van der Waals surface area contributed by atoms with Gasteiger partial charge in [-0.1, -0.05) is 42.1 Å². The van der Waals surface area contributed by atoms with Crippen LogP contribution in [0, 0.1) is 0 Å². The first-order chi connectivity index (χ1) is 16.1. The van der Waals surface area contributed by atoms with Crippen molar-refractivity contribution in [3.05, 3.63) is 54.1 Å². The topological polar surface area (TPSA) is 84.7 Å². The second-order valence-corrected chi connectivity index (χ2v) is 8.11. The molecule has 0 radical (unpaired) electrons. The van der Waals surface area contributed by atoms with Gasteiger partial charge in [0, 0.05) is 25.8 Å². The largest absolute Gasteiger partial charge is 0.493 e. The Morgan fingerprint density at radius 2 is 1.79 bits per heavy atom. The third-order valence-electron chi connectivity index (χ3n) is 4.92. The highest BCUT2D eigenvalue weighted by Crippen LogP contribution is 2.38. The molecule has 3 aromatic rings. The van der Waals surface area contributed by atoms with E-state index in [9.17, 15) is 4.79 Å². The summed E-state index contributed by atoms with van der Waals surface area (Å²) in [4.78, 5) is 12.8. The third-order valence-corrected chi connectivity index (χ3v) is 6.13. The highest BCUT2D eigenvalue weighted by molar-refractivity contribution is 8.00. The molecule has 0 fully saturated rings. The van der Waals surface area contributed by atoms with Gasteiger partial charge in [0.25, 0.3) is 0 Å². The summed E-state index contributed by atoms with van der Waals surface area (Å²) in [5, 5.41) is 8.95. The molecule has 0 saturated heterocycles. The Kier molecular flexibility index (Phi) is 9.14. The van der Waals surface area contributed by atoms with Crippen molar-refractivity contribution in [2.75, 3.05) is 34.5 Å². The zero-order chi connectivity index (χ0) is 23.6. The molecule has 0 amide bonds. The zero-order valence-corrected chi connectivity index (χ0v) is 20.1. The molecule has 2 aromatic carbocycles. The van der Waals surface area contributed by atoms with Crippen molar-refractivity contribution in [1.82, 2.24) is 14.8 Å². The SMILES string of the molecule is CCOC(=O)C(Sc1nnc(-c2ccc(OC)c(OC)c2)n1CCCOC)c1ccccc1. The van der Waals surface area contributed by atoms with E-state index in [2.05, 4.69) is 10.2 Å². The molecule has 0 aliphatic carbocycles. The molecule has 0 bridgehead atoms. The van der Waals surface area contributed by atoms with Crippen LogP contribution in [0.1, 0.15) is 24.2 Å². The molecular formula is C24H29N3O5S. The standard InChI is InChI=1S/C24H29N3O5S/c1-5-32-23(28)21(17-10-7-6-8-11-17)33-24-26-25-22(27(24)14-9-15-29-2)18-12-13-19(30-3)20(16-18)31-4/h6-8,10-13,16,21H,5,9,14-15H2,1-4H3. The molecule has 1 unspecified atom stereocenters. The van der Waals surface area contributed by atoms with Crippen LogP contribution in [0.5, 0.6) is 11.5 Å². The summed E-state index contributed by atoms with van der Waals surface area (Å²) in [6.45, 7) is 3.32. The molecule has 1 aromatic heterocycles. The lowest BCUT2D eigenvalue weighted by Gasteiger charge is -2.17. The van der Waals surface area contributed by atoms with Gasteiger partial charge in [0.15, 0.2) is 22.5 Å². The Morgan fingerprint density at radius 1 is 1.03 bits per heavy atom. The number of esters is 1. The number of thioether (sulfide) groups is 1. The Bertz CT molecular complexity index is 1040. The molecule has 1 heterocycles. The van der Waals surface area contributed by atoms with Crippen molar-refractivity contribution in [1.29, 1.82) is 0 Å². The van der Waals surface area contributed by atoms with Gasteiger partial charge in [-0.25, -0.2) is 0 Å². The lowest BCUT2D eigenvalue weighted by Crippen LogP contribution is -2.14. The molecule has 1 atom stereocenters.